The molecule has 0 radical (unpaired) electrons. The van der Waals surface area contributed by atoms with Crippen LogP contribution in [0.15, 0.2) is 36.4 Å². The fourth-order valence-electron chi connectivity index (χ4n) is 3.70. The first-order valence-corrected chi connectivity index (χ1v) is 9.91. The van der Waals surface area contributed by atoms with Crippen molar-refractivity contribution in [1.82, 2.24) is 4.57 Å². The van der Waals surface area contributed by atoms with E-state index in [4.69, 9.17) is 4.74 Å². The summed E-state index contributed by atoms with van der Waals surface area (Å²) in [5, 5.41) is 10.5. The summed E-state index contributed by atoms with van der Waals surface area (Å²) in [7, 11) is 0. The number of fused-ring (bicyclic) bond motifs is 1. The molecule has 0 bridgehead atoms. The summed E-state index contributed by atoms with van der Waals surface area (Å²) in [6, 6.07) is 13.5. The maximum Gasteiger partial charge on any atom is 0.126 e. The monoisotopic (exact) mass is 378 g/mol. The van der Waals surface area contributed by atoms with E-state index < -0.39 is 0 Å². The first-order chi connectivity index (χ1) is 13.5. The molecule has 0 aliphatic heterocycles. The summed E-state index contributed by atoms with van der Waals surface area (Å²) in [5.74, 6) is 0.823. The van der Waals surface area contributed by atoms with E-state index in [0.29, 0.717) is 18.6 Å². The average molecular weight is 378 g/mol. The molecule has 0 N–H and O–H groups in total. The largest absolute Gasteiger partial charge is 0.494 e. The lowest BCUT2D eigenvalue weighted by Crippen LogP contribution is -2.04. The number of hydrogen-bond donors (Lipinski definition) is 0. The lowest BCUT2D eigenvalue weighted by molar-refractivity contribution is 0.310. The Hall–Kier alpha value is -2.80. The molecular formula is C24H27FN2O. The predicted molar refractivity (Wildman–Crippen MR) is 112 cm³/mol. The van der Waals surface area contributed by atoms with Crippen molar-refractivity contribution in [3.8, 4) is 17.5 Å². The summed E-state index contributed by atoms with van der Waals surface area (Å²) < 4.78 is 21.9. The van der Waals surface area contributed by atoms with Crippen LogP contribution in [0.3, 0.4) is 0 Å². The number of hydrogen-bond acceptors (Lipinski definition) is 2. The van der Waals surface area contributed by atoms with Gasteiger partial charge < -0.3 is 9.30 Å². The molecular weight excluding hydrogens is 351 g/mol. The SMILES string of the molecule is CCCCOc1ccc2c(c1)c(CC#N)c(C(C)C)n2-c1ccc(F)c(C)c1. The van der Waals surface area contributed by atoms with Crippen molar-refractivity contribution < 1.29 is 9.13 Å². The molecule has 1 aromatic heterocycles. The first-order valence-electron chi connectivity index (χ1n) is 9.91. The van der Waals surface area contributed by atoms with Crippen LogP contribution in [-0.2, 0) is 6.42 Å². The van der Waals surface area contributed by atoms with Gasteiger partial charge in [0.15, 0.2) is 0 Å². The predicted octanol–water partition coefficient (Wildman–Crippen LogP) is 6.45. The summed E-state index contributed by atoms with van der Waals surface area (Å²) in [5.41, 5.74) is 4.65. The lowest BCUT2D eigenvalue weighted by atomic mass is 10.0. The topological polar surface area (TPSA) is 37.9 Å². The van der Waals surface area contributed by atoms with Gasteiger partial charge in [-0.3, -0.25) is 0 Å². The Balaban J connectivity index is 2.25. The fraction of sp³-hybridized carbons (Fsp3) is 0.375. The number of aryl methyl sites for hydroxylation is 1. The van der Waals surface area contributed by atoms with Crippen LogP contribution in [0.5, 0.6) is 5.75 Å². The minimum absolute atomic E-state index is 0.213. The molecule has 28 heavy (non-hydrogen) atoms. The van der Waals surface area contributed by atoms with E-state index in [-0.39, 0.29) is 11.7 Å². The standard InChI is InChI=1S/C24H27FN2O/c1-5-6-13-28-19-8-10-23-21(15-19)20(11-12-26)24(16(2)3)27(23)18-7-9-22(25)17(4)14-18/h7-10,14-16H,5-6,11,13H2,1-4H3. The van der Waals surface area contributed by atoms with Crippen molar-refractivity contribution in [2.75, 3.05) is 6.61 Å². The zero-order valence-corrected chi connectivity index (χ0v) is 17.1. The number of nitrogens with zero attached hydrogens (tertiary/aromatic N) is 2. The minimum Gasteiger partial charge on any atom is -0.494 e. The number of benzene rings is 2. The Kier molecular flexibility index (Phi) is 6.04. The molecule has 0 amide bonds. The van der Waals surface area contributed by atoms with Crippen molar-refractivity contribution in [2.45, 2.75) is 52.9 Å². The van der Waals surface area contributed by atoms with Gasteiger partial charge in [0.05, 0.1) is 24.6 Å². The number of ether oxygens (including phenoxy) is 1. The quantitative estimate of drug-likeness (QED) is 0.443. The maximum absolute atomic E-state index is 13.8. The van der Waals surface area contributed by atoms with E-state index in [1.807, 2.05) is 24.3 Å². The van der Waals surface area contributed by atoms with Gasteiger partial charge in [-0.1, -0.05) is 27.2 Å². The van der Waals surface area contributed by atoms with Gasteiger partial charge in [-0.2, -0.15) is 5.26 Å². The number of rotatable bonds is 7. The second-order valence-corrected chi connectivity index (χ2v) is 7.50. The van der Waals surface area contributed by atoms with Gasteiger partial charge in [0, 0.05) is 16.8 Å². The van der Waals surface area contributed by atoms with Crippen molar-refractivity contribution in [3.63, 3.8) is 0 Å². The van der Waals surface area contributed by atoms with Gasteiger partial charge in [0.2, 0.25) is 0 Å². The molecule has 0 fully saturated rings. The van der Waals surface area contributed by atoms with Gasteiger partial charge in [-0.05, 0) is 66.8 Å². The highest BCUT2D eigenvalue weighted by molar-refractivity contribution is 5.89. The van der Waals surface area contributed by atoms with Gasteiger partial charge in [-0.25, -0.2) is 4.39 Å². The molecule has 1 heterocycles. The Bertz CT molecular complexity index is 1030. The summed E-state index contributed by atoms with van der Waals surface area (Å²) >= 11 is 0. The zero-order valence-electron chi connectivity index (χ0n) is 17.1. The first kappa shape index (κ1) is 19.9. The third kappa shape index (κ3) is 3.75. The lowest BCUT2D eigenvalue weighted by Gasteiger charge is -2.15. The van der Waals surface area contributed by atoms with Crippen LogP contribution in [0.2, 0.25) is 0 Å². The normalized spacial score (nSPS) is 11.2. The summed E-state index contributed by atoms with van der Waals surface area (Å²) in [6.07, 6.45) is 2.42. The molecule has 0 aliphatic carbocycles. The highest BCUT2D eigenvalue weighted by Gasteiger charge is 2.21. The molecule has 0 atom stereocenters. The Morgan fingerprint density at radius 2 is 1.96 bits per heavy atom. The molecule has 4 heteroatoms. The average Bonchev–Trinajstić information content (AvgIpc) is 2.99. The number of aromatic nitrogens is 1. The Morgan fingerprint density at radius 3 is 2.61 bits per heavy atom. The van der Waals surface area contributed by atoms with E-state index in [9.17, 15) is 9.65 Å². The summed E-state index contributed by atoms with van der Waals surface area (Å²) in [6.45, 7) is 8.85. The van der Waals surface area contributed by atoms with Crippen LogP contribution >= 0.6 is 0 Å². The third-order valence-electron chi connectivity index (χ3n) is 5.05. The van der Waals surface area contributed by atoms with Crippen molar-refractivity contribution in [1.29, 1.82) is 5.26 Å². The van der Waals surface area contributed by atoms with Gasteiger partial charge in [-0.15, -0.1) is 0 Å². The summed E-state index contributed by atoms with van der Waals surface area (Å²) in [4.78, 5) is 0. The van der Waals surface area contributed by atoms with Crippen molar-refractivity contribution in [2.24, 2.45) is 0 Å². The number of unbranched alkanes of at least 4 members (excludes halogenated alkanes) is 1. The second kappa shape index (κ2) is 8.48. The molecule has 3 nitrogen and oxygen atoms in total. The van der Waals surface area contributed by atoms with Crippen LogP contribution in [0.25, 0.3) is 16.6 Å². The van der Waals surface area contributed by atoms with Crippen molar-refractivity contribution in [3.05, 3.63) is 59.0 Å². The van der Waals surface area contributed by atoms with Gasteiger partial charge in [0.25, 0.3) is 0 Å². The van der Waals surface area contributed by atoms with Crippen LogP contribution in [0.1, 0.15) is 56.4 Å². The third-order valence-corrected chi connectivity index (χ3v) is 5.05. The van der Waals surface area contributed by atoms with Gasteiger partial charge >= 0.3 is 0 Å². The minimum atomic E-state index is -0.213. The van der Waals surface area contributed by atoms with E-state index in [2.05, 4.69) is 31.4 Å². The Morgan fingerprint density at radius 1 is 1.18 bits per heavy atom. The molecule has 3 aromatic rings. The molecule has 2 aromatic carbocycles. The smallest absolute Gasteiger partial charge is 0.126 e. The molecule has 3 rings (SSSR count). The van der Waals surface area contributed by atoms with Crippen LogP contribution < -0.4 is 4.74 Å². The highest BCUT2D eigenvalue weighted by atomic mass is 19.1. The zero-order chi connectivity index (χ0) is 20.3. The number of halogens is 1. The maximum atomic E-state index is 13.8. The highest BCUT2D eigenvalue weighted by Crippen LogP contribution is 2.36. The fourth-order valence-corrected chi connectivity index (χ4v) is 3.70. The Labute approximate surface area is 166 Å². The molecule has 0 aliphatic rings. The van der Waals surface area contributed by atoms with E-state index in [0.717, 1.165) is 46.4 Å². The molecule has 0 unspecified atom stereocenters. The molecule has 0 saturated carbocycles. The molecule has 0 saturated heterocycles. The van der Waals surface area contributed by atoms with E-state index >= 15 is 0 Å². The van der Waals surface area contributed by atoms with Crippen LogP contribution in [0, 0.1) is 24.1 Å². The number of nitriles is 1. The van der Waals surface area contributed by atoms with Crippen LogP contribution in [-0.4, -0.2) is 11.2 Å². The second-order valence-electron chi connectivity index (χ2n) is 7.50. The van der Waals surface area contributed by atoms with E-state index in [1.54, 1.807) is 13.0 Å². The molecule has 146 valence electrons. The van der Waals surface area contributed by atoms with Crippen LogP contribution in [0.4, 0.5) is 4.39 Å². The van der Waals surface area contributed by atoms with E-state index in [1.165, 1.54) is 6.07 Å². The van der Waals surface area contributed by atoms with Crippen molar-refractivity contribution >= 4 is 10.9 Å². The molecule has 0 spiro atoms. The van der Waals surface area contributed by atoms with Gasteiger partial charge in [0.1, 0.15) is 11.6 Å².